The van der Waals surface area contributed by atoms with Gasteiger partial charge in [0.2, 0.25) is 0 Å². The molecule has 0 aliphatic carbocycles. The Hall–Kier alpha value is -4.04. The second kappa shape index (κ2) is 11.1. The standard InChI is InChI=1S/C23H16ClF4N7O2S/c1-11(4-16(36)15-6-20(33-10-32-15)34-18-3-2-12(25)7-29-18)22-31-9-17(38-22)21(37)35-19-5-13(23(26,27)28)14(24)8-30-19/h2-3,5-11H,4H2,1H3,(H,30,35,37)(H,29,32,33,34). The van der Waals surface area contributed by atoms with Gasteiger partial charge in [-0.1, -0.05) is 18.5 Å². The number of carbonyl (C=O) groups excluding carboxylic acids is 2. The molecular weight excluding hydrogens is 550 g/mol. The Labute approximate surface area is 221 Å². The minimum atomic E-state index is -4.71. The van der Waals surface area contributed by atoms with E-state index in [1.807, 2.05) is 0 Å². The summed E-state index contributed by atoms with van der Waals surface area (Å²) >= 11 is 6.54. The first-order valence-corrected chi connectivity index (χ1v) is 11.9. The van der Waals surface area contributed by atoms with Crippen LogP contribution in [-0.4, -0.2) is 36.6 Å². The van der Waals surface area contributed by atoms with Gasteiger partial charge in [0.05, 0.1) is 28.0 Å². The summed E-state index contributed by atoms with van der Waals surface area (Å²) in [6.45, 7) is 1.73. The summed E-state index contributed by atoms with van der Waals surface area (Å²) in [7, 11) is 0. The summed E-state index contributed by atoms with van der Waals surface area (Å²) in [5.74, 6) is -1.64. The molecule has 0 aliphatic rings. The number of Topliss-reactive ketones (excluding diaryl/α,β-unsaturated/α-hetero) is 1. The molecular formula is C23H16ClF4N7O2S. The zero-order valence-electron chi connectivity index (χ0n) is 19.3. The van der Waals surface area contributed by atoms with E-state index in [1.165, 1.54) is 30.7 Å². The van der Waals surface area contributed by atoms with E-state index < -0.39 is 34.4 Å². The lowest BCUT2D eigenvalue weighted by Crippen LogP contribution is -2.13. The third-order valence-corrected chi connectivity index (χ3v) is 6.53. The van der Waals surface area contributed by atoms with Crippen molar-refractivity contribution < 1.29 is 27.2 Å². The predicted octanol–water partition coefficient (Wildman–Crippen LogP) is 5.91. The van der Waals surface area contributed by atoms with Crippen LogP contribution in [0, 0.1) is 5.82 Å². The second-order valence-electron chi connectivity index (χ2n) is 7.87. The molecule has 0 aromatic carbocycles. The number of aromatic nitrogens is 5. The van der Waals surface area contributed by atoms with Crippen LogP contribution in [-0.2, 0) is 6.18 Å². The minimum absolute atomic E-state index is 0.00745. The number of ketones is 1. The van der Waals surface area contributed by atoms with Gasteiger partial charge >= 0.3 is 6.18 Å². The van der Waals surface area contributed by atoms with Gasteiger partial charge in [0, 0.05) is 24.6 Å². The molecule has 196 valence electrons. The lowest BCUT2D eigenvalue weighted by molar-refractivity contribution is -0.137. The lowest BCUT2D eigenvalue weighted by atomic mass is 10.0. The van der Waals surface area contributed by atoms with E-state index in [1.54, 1.807) is 6.92 Å². The molecule has 0 spiro atoms. The maximum atomic E-state index is 13.1. The third-order valence-electron chi connectivity index (χ3n) is 5.00. The molecule has 4 aromatic rings. The normalized spacial score (nSPS) is 12.2. The molecule has 1 unspecified atom stereocenters. The number of thiazole rings is 1. The number of halogens is 5. The smallest absolute Gasteiger partial charge is 0.325 e. The molecule has 0 aliphatic heterocycles. The molecule has 0 radical (unpaired) electrons. The highest BCUT2D eigenvalue weighted by Gasteiger charge is 2.34. The summed E-state index contributed by atoms with van der Waals surface area (Å²) in [6, 6.07) is 4.70. The van der Waals surface area contributed by atoms with Crippen LogP contribution >= 0.6 is 22.9 Å². The van der Waals surface area contributed by atoms with Gasteiger partial charge in [-0.25, -0.2) is 29.3 Å². The van der Waals surface area contributed by atoms with Crippen LogP contribution in [0.2, 0.25) is 5.02 Å². The number of hydrogen-bond donors (Lipinski definition) is 2. The third kappa shape index (κ3) is 6.63. The van der Waals surface area contributed by atoms with Crippen LogP contribution in [0.15, 0.2) is 49.2 Å². The zero-order valence-corrected chi connectivity index (χ0v) is 20.8. The lowest BCUT2D eigenvalue weighted by Gasteiger charge is -2.10. The molecule has 2 N–H and O–H groups in total. The van der Waals surface area contributed by atoms with E-state index in [-0.39, 0.29) is 34.4 Å². The molecule has 1 amide bonds. The zero-order chi connectivity index (χ0) is 27.4. The molecule has 38 heavy (non-hydrogen) atoms. The number of alkyl halides is 3. The largest absolute Gasteiger partial charge is 0.418 e. The fourth-order valence-electron chi connectivity index (χ4n) is 3.15. The molecule has 1 atom stereocenters. The van der Waals surface area contributed by atoms with Gasteiger partial charge in [-0.3, -0.25) is 9.59 Å². The first-order valence-electron chi connectivity index (χ1n) is 10.7. The Bertz CT molecular complexity index is 1480. The number of anilines is 3. The average molecular weight is 566 g/mol. The van der Waals surface area contributed by atoms with Crippen LogP contribution in [0.5, 0.6) is 0 Å². The summed E-state index contributed by atoms with van der Waals surface area (Å²) in [4.78, 5) is 45.2. The van der Waals surface area contributed by atoms with E-state index in [0.717, 1.165) is 23.7 Å². The molecule has 4 aromatic heterocycles. The van der Waals surface area contributed by atoms with Crippen molar-refractivity contribution in [1.29, 1.82) is 0 Å². The van der Waals surface area contributed by atoms with Crippen molar-refractivity contribution in [2.45, 2.75) is 25.4 Å². The number of hydrogen-bond acceptors (Lipinski definition) is 9. The van der Waals surface area contributed by atoms with Gasteiger partial charge in [-0.05, 0) is 18.2 Å². The Morgan fingerprint density at radius 1 is 1.00 bits per heavy atom. The van der Waals surface area contributed by atoms with Crippen LogP contribution < -0.4 is 10.6 Å². The topological polar surface area (TPSA) is 123 Å². The Kier molecular flexibility index (Phi) is 7.92. The second-order valence-corrected chi connectivity index (χ2v) is 9.34. The van der Waals surface area contributed by atoms with Crippen molar-refractivity contribution in [3.8, 4) is 0 Å². The van der Waals surface area contributed by atoms with E-state index in [0.29, 0.717) is 16.9 Å². The number of nitrogens with one attached hydrogen (secondary N) is 2. The van der Waals surface area contributed by atoms with E-state index in [9.17, 15) is 27.2 Å². The first-order chi connectivity index (χ1) is 18.0. The Morgan fingerprint density at radius 2 is 1.76 bits per heavy atom. The highest BCUT2D eigenvalue weighted by atomic mass is 35.5. The van der Waals surface area contributed by atoms with E-state index in [2.05, 4.69) is 35.6 Å². The summed E-state index contributed by atoms with van der Waals surface area (Å²) in [5, 5.41) is 5.02. The Morgan fingerprint density at radius 3 is 2.47 bits per heavy atom. The summed E-state index contributed by atoms with van der Waals surface area (Å²) in [5.41, 5.74) is -1.00. The number of amides is 1. The maximum Gasteiger partial charge on any atom is 0.418 e. The van der Waals surface area contributed by atoms with Crippen molar-refractivity contribution in [1.82, 2.24) is 24.9 Å². The van der Waals surface area contributed by atoms with Gasteiger partial charge in [0.1, 0.15) is 40.2 Å². The monoisotopic (exact) mass is 565 g/mol. The van der Waals surface area contributed by atoms with E-state index in [4.69, 9.17) is 11.6 Å². The molecule has 0 bridgehead atoms. The van der Waals surface area contributed by atoms with Crippen LogP contribution in [0.3, 0.4) is 0 Å². The van der Waals surface area contributed by atoms with Gasteiger partial charge in [-0.15, -0.1) is 11.3 Å². The first kappa shape index (κ1) is 27.0. The fraction of sp³-hybridized carbons (Fsp3) is 0.174. The quantitative estimate of drug-likeness (QED) is 0.200. The molecule has 15 heteroatoms. The van der Waals surface area contributed by atoms with Crippen LogP contribution in [0.25, 0.3) is 0 Å². The van der Waals surface area contributed by atoms with Gasteiger partial charge in [0.25, 0.3) is 5.91 Å². The highest BCUT2D eigenvalue weighted by Crippen LogP contribution is 2.35. The molecule has 9 nitrogen and oxygen atoms in total. The number of carbonyl (C=O) groups is 2. The average Bonchev–Trinajstić information content (AvgIpc) is 3.37. The SMILES string of the molecule is CC(CC(=O)c1cc(Nc2ccc(F)cn2)ncn1)c1ncc(C(=O)Nc2cc(C(F)(F)F)c(Cl)cn2)s1. The van der Waals surface area contributed by atoms with Crippen molar-refractivity contribution in [2.24, 2.45) is 0 Å². The van der Waals surface area contributed by atoms with Crippen molar-refractivity contribution in [3.05, 3.63) is 81.2 Å². The fourth-order valence-corrected chi connectivity index (χ4v) is 4.23. The highest BCUT2D eigenvalue weighted by molar-refractivity contribution is 7.13. The van der Waals surface area contributed by atoms with Crippen molar-refractivity contribution >= 4 is 52.1 Å². The molecule has 4 heterocycles. The number of nitrogens with zero attached hydrogens (tertiary/aromatic N) is 5. The number of pyridine rings is 2. The van der Waals surface area contributed by atoms with Crippen LogP contribution in [0.1, 0.15) is 50.0 Å². The van der Waals surface area contributed by atoms with E-state index >= 15 is 0 Å². The van der Waals surface area contributed by atoms with Gasteiger partial charge in [0.15, 0.2) is 5.78 Å². The minimum Gasteiger partial charge on any atom is -0.325 e. The molecule has 4 rings (SSSR count). The van der Waals surface area contributed by atoms with Gasteiger partial charge in [-0.2, -0.15) is 13.2 Å². The predicted molar refractivity (Wildman–Crippen MR) is 131 cm³/mol. The summed E-state index contributed by atoms with van der Waals surface area (Å²) in [6.07, 6.45) is -0.406. The Balaban J connectivity index is 1.39. The summed E-state index contributed by atoms with van der Waals surface area (Å²) < 4.78 is 52.2. The van der Waals surface area contributed by atoms with Crippen molar-refractivity contribution in [3.63, 3.8) is 0 Å². The van der Waals surface area contributed by atoms with Crippen LogP contribution in [0.4, 0.5) is 35.0 Å². The molecule has 0 saturated carbocycles. The van der Waals surface area contributed by atoms with Gasteiger partial charge < -0.3 is 10.6 Å². The molecule has 0 fully saturated rings. The number of rotatable bonds is 8. The molecule has 0 saturated heterocycles. The maximum absolute atomic E-state index is 13.1. The van der Waals surface area contributed by atoms with Crippen molar-refractivity contribution in [2.75, 3.05) is 10.6 Å².